The fourth-order valence-corrected chi connectivity index (χ4v) is 3.53. The number of rotatable bonds is 6. The summed E-state index contributed by atoms with van der Waals surface area (Å²) >= 11 is 0. The second-order valence-electron chi connectivity index (χ2n) is 7.41. The number of hydrogen-bond donors (Lipinski definition) is 1. The Morgan fingerprint density at radius 2 is 1.96 bits per heavy atom. The molecule has 0 aliphatic carbocycles. The van der Waals surface area contributed by atoms with Crippen LogP contribution in [0.25, 0.3) is 11.3 Å². The van der Waals surface area contributed by atoms with Crippen molar-refractivity contribution >= 4 is 0 Å². The third-order valence-corrected chi connectivity index (χ3v) is 4.92. The number of aromatic hydroxyl groups is 1. The maximum atomic E-state index is 11.5. The van der Waals surface area contributed by atoms with Gasteiger partial charge in [0.2, 0.25) is 5.43 Å². The topological polar surface area (TPSA) is 72.9 Å². The number of nitrogens with zero attached hydrogens (tertiary/aromatic N) is 4. The zero-order chi connectivity index (χ0) is 19.6. The molecule has 0 aliphatic heterocycles. The van der Waals surface area contributed by atoms with E-state index in [0.717, 1.165) is 24.2 Å². The highest BCUT2D eigenvalue weighted by molar-refractivity contribution is 5.58. The molecule has 0 radical (unpaired) electrons. The number of benzene rings is 1. The molecule has 0 saturated carbocycles. The normalized spacial score (nSPS) is 13.5. The molecule has 2 atom stereocenters. The molecule has 0 saturated heterocycles. The first kappa shape index (κ1) is 18.9. The Morgan fingerprint density at radius 1 is 1.19 bits per heavy atom. The van der Waals surface area contributed by atoms with Crippen molar-refractivity contribution in [2.75, 3.05) is 0 Å². The van der Waals surface area contributed by atoms with Gasteiger partial charge in [0.25, 0.3) is 0 Å². The zero-order valence-electron chi connectivity index (χ0n) is 16.3. The SMILES string of the molecule is Cc1cccc(-c2cn(CC(C)CC(C)n3ccc(=O)c(O)c3C)nn2)c1. The lowest BCUT2D eigenvalue weighted by molar-refractivity contribution is 0.344. The van der Waals surface area contributed by atoms with Crippen LogP contribution in [0.5, 0.6) is 5.75 Å². The fourth-order valence-electron chi connectivity index (χ4n) is 3.53. The Hall–Kier alpha value is -2.89. The van der Waals surface area contributed by atoms with E-state index in [1.165, 1.54) is 11.6 Å². The van der Waals surface area contributed by atoms with Gasteiger partial charge in [-0.25, -0.2) is 0 Å². The lowest BCUT2D eigenvalue weighted by Gasteiger charge is -2.22. The minimum atomic E-state index is -0.338. The molecular weight excluding hydrogens is 340 g/mol. The molecule has 0 fully saturated rings. The molecule has 6 heteroatoms. The molecule has 3 rings (SSSR count). The largest absolute Gasteiger partial charge is 0.503 e. The van der Waals surface area contributed by atoms with Gasteiger partial charge in [-0.2, -0.15) is 0 Å². The first-order valence-electron chi connectivity index (χ1n) is 9.23. The highest BCUT2D eigenvalue weighted by Crippen LogP contribution is 2.23. The summed E-state index contributed by atoms with van der Waals surface area (Å²) in [6.07, 6.45) is 4.62. The monoisotopic (exact) mass is 366 g/mol. The summed E-state index contributed by atoms with van der Waals surface area (Å²) in [5.41, 5.74) is 3.41. The molecule has 0 bridgehead atoms. The average molecular weight is 366 g/mol. The average Bonchev–Trinajstić information content (AvgIpc) is 3.08. The number of hydrogen-bond acceptors (Lipinski definition) is 4. The van der Waals surface area contributed by atoms with E-state index in [2.05, 4.69) is 43.2 Å². The summed E-state index contributed by atoms with van der Waals surface area (Å²) in [6.45, 7) is 8.85. The Bertz CT molecular complexity index is 990. The van der Waals surface area contributed by atoms with Gasteiger partial charge in [0, 0.05) is 30.4 Å². The summed E-state index contributed by atoms with van der Waals surface area (Å²) in [5.74, 6) is 0.184. The first-order chi connectivity index (χ1) is 12.8. The van der Waals surface area contributed by atoms with E-state index < -0.39 is 0 Å². The van der Waals surface area contributed by atoms with Crippen molar-refractivity contribution in [1.29, 1.82) is 0 Å². The van der Waals surface area contributed by atoms with Crippen molar-refractivity contribution in [3.8, 4) is 17.0 Å². The van der Waals surface area contributed by atoms with Gasteiger partial charge in [-0.3, -0.25) is 9.48 Å². The number of aromatic nitrogens is 4. The van der Waals surface area contributed by atoms with E-state index >= 15 is 0 Å². The van der Waals surface area contributed by atoms with Crippen LogP contribution in [0.2, 0.25) is 0 Å². The fraction of sp³-hybridized carbons (Fsp3) is 0.381. The number of aryl methyl sites for hydroxylation is 1. The van der Waals surface area contributed by atoms with Crippen LogP contribution < -0.4 is 5.43 Å². The Balaban J connectivity index is 1.67. The van der Waals surface area contributed by atoms with E-state index in [1.807, 2.05) is 27.6 Å². The second-order valence-corrected chi connectivity index (χ2v) is 7.41. The molecule has 142 valence electrons. The Labute approximate surface area is 159 Å². The minimum absolute atomic E-state index is 0.159. The van der Waals surface area contributed by atoms with E-state index in [0.29, 0.717) is 11.6 Å². The van der Waals surface area contributed by atoms with E-state index in [4.69, 9.17) is 0 Å². The molecule has 0 aliphatic rings. The lowest BCUT2D eigenvalue weighted by Crippen LogP contribution is -2.18. The van der Waals surface area contributed by atoms with Gasteiger partial charge < -0.3 is 9.67 Å². The molecule has 2 unspecified atom stereocenters. The summed E-state index contributed by atoms with van der Waals surface area (Å²) in [6, 6.07) is 9.80. The third kappa shape index (κ3) is 4.27. The summed E-state index contributed by atoms with van der Waals surface area (Å²) in [5, 5.41) is 18.4. The van der Waals surface area contributed by atoms with Crippen LogP contribution in [0, 0.1) is 19.8 Å². The van der Waals surface area contributed by atoms with Crippen molar-refractivity contribution in [3.63, 3.8) is 0 Å². The first-order valence-corrected chi connectivity index (χ1v) is 9.23. The predicted molar refractivity (Wildman–Crippen MR) is 106 cm³/mol. The van der Waals surface area contributed by atoms with Crippen LogP contribution in [-0.4, -0.2) is 24.7 Å². The standard InChI is InChI=1S/C21H26N4O2/c1-14-6-5-7-18(11-14)19-13-24(23-22-19)12-15(2)10-16(3)25-9-8-20(26)21(27)17(25)4/h5-9,11,13,15-16,27H,10,12H2,1-4H3. The highest BCUT2D eigenvalue weighted by atomic mass is 16.3. The molecule has 3 aromatic rings. The lowest BCUT2D eigenvalue weighted by atomic mass is 10.0. The van der Waals surface area contributed by atoms with E-state index in [-0.39, 0.29) is 17.2 Å². The van der Waals surface area contributed by atoms with Crippen LogP contribution in [0.3, 0.4) is 0 Å². The Morgan fingerprint density at radius 3 is 2.70 bits per heavy atom. The molecule has 2 heterocycles. The van der Waals surface area contributed by atoms with Gasteiger partial charge in [0.1, 0.15) is 5.69 Å². The van der Waals surface area contributed by atoms with Gasteiger partial charge in [-0.05, 0) is 39.2 Å². The molecule has 0 amide bonds. The molecule has 1 N–H and O–H groups in total. The smallest absolute Gasteiger partial charge is 0.223 e. The van der Waals surface area contributed by atoms with Crippen LogP contribution >= 0.6 is 0 Å². The third-order valence-electron chi connectivity index (χ3n) is 4.92. The van der Waals surface area contributed by atoms with Crippen molar-refractivity contribution < 1.29 is 5.11 Å². The molecule has 0 spiro atoms. The Kier molecular flexibility index (Phi) is 5.44. The van der Waals surface area contributed by atoms with Gasteiger partial charge in [0.05, 0.1) is 11.9 Å². The zero-order valence-corrected chi connectivity index (χ0v) is 16.3. The molecular formula is C21H26N4O2. The van der Waals surface area contributed by atoms with E-state index in [9.17, 15) is 9.90 Å². The van der Waals surface area contributed by atoms with Gasteiger partial charge >= 0.3 is 0 Å². The molecule has 1 aromatic carbocycles. The molecule has 6 nitrogen and oxygen atoms in total. The van der Waals surface area contributed by atoms with Crippen LogP contribution in [0.4, 0.5) is 0 Å². The maximum Gasteiger partial charge on any atom is 0.223 e. The van der Waals surface area contributed by atoms with Crippen molar-refractivity contribution in [2.24, 2.45) is 5.92 Å². The maximum absolute atomic E-state index is 11.5. The minimum Gasteiger partial charge on any atom is -0.503 e. The predicted octanol–water partition coefficient (Wildman–Crippen LogP) is 3.72. The highest BCUT2D eigenvalue weighted by Gasteiger charge is 2.15. The van der Waals surface area contributed by atoms with Crippen LogP contribution in [0.1, 0.15) is 37.6 Å². The van der Waals surface area contributed by atoms with Crippen molar-refractivity contribution in [3.05, 3.63) is 64.2 Å². The summed E-state index contributed by atoms with van der Waals surface area (Å²) in [7, 11) is 0. The van der Waals surface area contributed by atoms with E-state index in [1.54, 1.807) is 13.1 Å². The van der Waals surface area contributed by atoms with Crippen LogP contribution in [-0.2, 0) is 6.54 Å². The molecule has 27 heavy (non-hydrogen) atoms. The van der Waals surface area contributed by atoms with Crippen LogP contribution in [0.15, 0.2) is 47.5 Å². The number of pyridine rings is 1. The second kappa shape index (κ2) is 7.78. The van der Waals surface area contributed by atoms with Gasteiger partial charge in [-0.15, -0.1) is 5.10 Å². The quantitative estimate of drug-likeness (QED) is 0.722. The summed E-state index contributed by atoms with van der Waals surface area (Å²) in [4.78, 5) is 11.5. The van der Waals surface area contributed by atoms with Gasteiger partial charge in [0.15, 0.2) is 5.75 Å². The van der Waals surface area contributed by atoms with Gasteiger partial charge in [-0.1, -0.05) is 35.9 Å². The molecule has 2 aromatic heterocycles. The summed E-state index contributed by atoms with van der Waals surface area (Å²) < 4.78 is 3.83. The van der Waals surface area contributed by atoms with Crippen molar-refractivity contribution in [2.45, 2.75) is 46.7 Å². The van der Waals surface area contributed by atoms with Crippen molar-refractivity contribution in [1.82, 2.24) is 19.6 Å².